The first-order valence-corrected chi connectivity index (χ1v) is 9.72. The van der Waals surface area contributed by atoms with E-state index in [1.165, 1.54) is 90.1 Å². The van der Waals surface area contributed by atoms with Gasteiger partial charge in [-0.05, 0) is 38.3 Å². The van der Waals surface area contributed by atoms with Gasteiger partial charge in [0.1, 0.15) is 0 Å². The fraction of sp³-hybridized carbons (Fsp3) is 1.00. The van der Waals surface area contributed by atoms with Crippen molar-refractivity contribution in [3.8, 4) is 0 Å². The molecule has 0 aromatic heterocycles. The van der Waals surface area contributed by atoms with Crippen molar-refractivity contribution in [2.45, 2.75) is 96.9 Å². The van der Waals surface area contributed by atoms with Crippen LogP contribution in [0.1, 0.15) is 90.9 Å². The minimum atomic E-state index is 0.660. The SMILES string of the molecule is CCCCCCCCCCCCN1CCC(C)CC1CN. The third-order valence-corrected chi connectivity index (χ3v) is 5.17. The van der Waals surface area contributed by atoms with Gasteiger partial charge in [0.05, 0.1) is 0 Å². The zero-order valence-electron chi connectivity index (χ0n) is 14.8. The number of hydrogen-bond acceptors (Lipinski definition) is 2. The van der Waals surface area contributed by atoms with E-state index in [0.29, 0.717) is 6.04 Å². The van der Waals surface area contributed by atoms with Crippen LogP contribution < -0.4 is 5.73 Å². The summed E-state index contributed by atoms with van der Waals surface area (Å²) >= 11 is 0. The number of nitrogens with zero attached hydrogens (tertiary/aromatic N) is 1. The predicted molar refractivity (Wildman–Crippen MR) is 94.7 cm³/mol. The highest BCUT2D eigenvalue weighted by molar-refractivity contribution is 4.80. The fourth-order valence-electron chi connectivity index (χ4n) is 3.64. The molecular weight excluding hydrogens is 256 g/mol. The summed E-state index contributed by atoms with van der Waals surface area (Å²) in [5, 5.41) is 0. The van der Waals surface area contributed by atoms with E-state index in [4.69, 9.17) is 5.73 Å². The van der Waals surface area contributed by atoms with Gasteiger partial charge >= 0.3 is 0 Å². The lowest BCUT2D eigenvalue weighted by molar-refractivity contribution is 0.120. The van der Waals surface area contributed by atoms with Gasteiger partial charge in [-0.3, -0.25) is 4.90 Å². The lowest BCUT2D eigenvalue weighted by atomic mass is 9.92. The Morgan fingerprint density at radius 2 is 1.48 bits per heavy atom. The van der Waals surface area contributed by atoms with Gasteiger partial charge < -0.3 is 5.73 Å². The van der Waals surface area contributed by atoms with E-state index in [0.717, 1.165) is 12.5 Å². The molecule has 0 amide bonds. The average molecular weight is 297 g/mol. The summed E-state index contributed by atoms with van der Waals surface area (Å²) in [5.74, 6) is 0.877. The highest BCUT2D eigenvalue weighted by Crippen LogP contribution is 2.22. The lowest BCUT2D eigenvalue weighted by Gasteiger charge is -2.38. The van der Waals surface area contributed by atoms with Crippen molar-refractivity contribution in [3.63, 3.8) is 0 Å². The second kappa shape index (κ2) is 12.5. The van der Waals surface area contributed by atoms with Crippen molar-refractivity contribution in [2.24, 2.45) is 11.7 Å². The molecule has 21 heavy (non-hydrogen) atoms. The van der Waals surface area contributed by atoms with Crippen molar-refractivity contribution in [2.75, 3.05) is 19.6 Å². The largest absolute Gasteiger partial charge is 0.329 e. The van der Waals surface area contributed by atoms with Crippen molar-refractivity contribution >= 4 is 0 Å². The molecule has 0 bridgehead atoms. The summed E-state index contributed by atoms with van der Waals surface area (Å²) in [6, 6.07) is 0.660. The predicted octanol–water partition coefficient (Wildman–Crippen LogP) is 4.97. The zero-order chi connectivity index (χ0) is 15.3. The molecule has 0 radical (unpaired) electrons. The lowest BCUT2D eigenvalue weighted by Crippen LogP contribution is -2.46. The quantitative estimate of drug-likeness (QED) is 0.515. The number of unbranched alkanes of at least 4 members (excludes halogenated alkanes) is 9. The smallest absolute Gasteiger partial charge is 0.0220 e. The average Bonchev–Trinajstić information content (AvgIpc) is 2.50. The molecule has 0 spiro atoms. The van der Waals surface area contributed by atoms with E-state index in [-0.39, 0.29) is 0 Å². The molecule has 0 aromatic rings. The second-order valence-electron chi connectivity index (χ2n) is 7.24. The molecule has 0 saturated carbocycles. The molecule has 126 valence electrons. The molecule has 1 fully saturated rings. The van der Waals surface area contributed by atoms with E-state index in [9.17, 15) is 0 Å². The highest BCUT2D eigenvalue weighted by atomic mass is 15.2. The Balaban J connectivity index is 1.91. The van der Waals surface area contributed by atoms with Gasteiger partial charge in [-0.15, -0.1) is 0 Å². The first-order valence-electron chi connectivity index (χ1n) is 9.72. The Morgan fingerprint density at radius 1 is 0.905 bits per heavy atom. The molecule has 0 aromatic carbocycles. The Morgan fingerprint density at radius 3 is 2.05 bits per heavy atom. The van der Waals surface area contributed by atoms with Gasteiger partial charge in [0, 0.05) is 12.6 Å². The molecule has 1 aliphatic rings. The van der Waals surface area contributed by atoms with E-state index >= 15 is 0 Å². The Hall–Kier alpha value is -0.0800. The van der Waals surface area contributed by atoms with Gasteiger partial charge in [0.2, 0.25) is 0 Å². The van der Waals surface area contributed by atoms with Crippen molar-refractivity contribution in [1.29, 1.82) is 0 Å². The van der Waals surface area contributed by atoms with Gasteiger partial charge in [0.25, 0.3) is 0 Å². The maximum Gasteiger partial charge on any atom is 0.0220 e. The summed E-state index contributed by atoms with van der Waals surface area (Å²) in [6.45, 7) is 8.08. The zero-order valence-corrected chi connectivity index (χ0v) is 14.8. The van der Waals surface area contributed by atoms with Crippen molar-refractivity contribution in [3.05, 3.63) is 0 Å². The van der Waals surface area contributed by atoms with Crippen LogP contribution in [0.3, 0.4) is 0 Å². The number of likely N-dealkylation sites (tertiary alicyclic amines) is 1. The first-order chi connectivity index (χ1) is 10.3. The molecule has 2 N–H and O–H groups in total. The van der Waals surface area contributed by atoms with Crippen LogP contribution in [0, 0.1) is 5.92 Å². The Bertz CT molecular complexity index is 230. The molecule has 0 aliphatic carbocycles. The monoisotopic (exact) mass is 296 g/mol. The van der Waals surface area contributed by atoms with E-state index in [1.807, 2.05) is 0 Å². The summed E-state index contributed by atoms with van der Waals surface area (Å²) < 4.78 is 0. The molecule has 1 heterocycles. The molecule has 1 aliphatic heterocycles. The van der Waals surface area contributed by atoms with Crippen molar-refractivity contribution < 1.29 is 0 Å². The number of piperidine rings is 1. The van der Waals surface area contributed by atoms with Gasteiger partial charge in [-0.25, -0.2) is 0 Å². The van der Waals surface area contributed by atoms with E-state index < -0.39 is 0 Å². The molecule has 1 saturated heterocycles. The normalized spacial score (nSPS) is 23.6. The number of hydrogen-bond donors (Lipinski definition) is 1. The van der Waals surface area contributed by atoms with Crippen LogP contribution >= 0.6 is 0 Å². The molecule has 2 atom stereocenters. The molecule has 2 heteroatoms. The Kier molecular flexibility index (Phi) is 11.3. The molecule has 2 unspecified atom stereocenters. The summed E-state index contributed by atoms with van der Waals surface area (Å²) in [5.41, 5.74) is 5.93. The molecule has 1 rings (SSSR count). The van der Waals surface area contributed by atoms with Crippen molar-refractivity contribution in [1.82, 2.24) is 4.90 Å². The van der Waals surface area contributed by atoms with E-state index in [2.05, 4.69) is 18.7 Å². The minimum Gasteiger partial charge on any atom is -0.329 e. The maximum atomic E-state index is 5.93. The van der Waals surface area contributed by atoms with Crippen LogP contribution in [0.2, 0.25) is 0 Å². The van der Waals surface area contributed by atoms with Gasteiger partial charge in [-0.2, -0.15) is 0 Å². The summed E-state index contributed by atoms with van der Waals surface area (Å²) in [4.78, 5) is 2.66. The van der Waals surface area contributed by atoms with Crippen LogP contribution in [0.5, 0.6) is 0 Å². The minimum absolute atomic E-state index is 0.660. The third-order valence-electron chi connectivity index (χ3n) is 5.17. The third kappa shape index (κ3) is 8.83. The van der Waals surface area contributed by atoms with Crippen LogP contribution in [0.25, 0.3) is 0 Å². The topological polar surface area (TPSA) is 29.3 Å². The van der Waals surface area contributed by atoms with Crippen LogP contribution in [0.15, 0.2) is 0 Å². The van der Waals surface area contributed by atoms with E-state index in [1.54, 1.807) is 0 Å². The number of rotatable bonds is 12. The standard InChI is InChI=1S/C19H40N2/c1-3-4-5-6-7-8-9-10-11-12-14-21-15-13-18(2)16-19(21)17-20/h18-19H,3-17,20H2,1-2H3. The molecular formula is C19H40N2. The second-order valence-corrected chi connectivity index (χ2v) is 7.24. The van der Waals surface area contributed by atoms with Crippen LogP contribution in [-0.4, -0.2) is 30.6 Å². The number of nitrogens with two attached hydrogens (primary N) is 1. The molecule has 2 nitrogen and oxygen atoms in total. The van der Waals surface area contributed by atoms with Gasteiger partial charge in [-0.1, -0.05) is 71.6 Å². The summed E-state index contributed by atoms with van der Waals surface area (Å²) in [7, 11) is 0. The van der Waals surface area contributed by atoms with Crippen LogP contribution in [0.4, 0.5) is 0 Å². The van der Waals surface area contributed by atoms with Gasteiger partial charge in [0.15, 0.2) is 0 Å². The van der Waals surface area contributed by atoms with Crippen LogP contribution in [-0.2, 0) is 0 Å². The fourth-order valence-corrected chi connectivity index (χ4v) is 3.64. The Labute approximate surface area is 133 Å². The first kappa shape index (κ1) is 19.0. The highest BCUT2D eigenvalue weighted by Gasteiger charge is 2.24. The maximum absolute atomic E-state index is 5.93. The summed E-state index contributed by atoms with van der Waals surface area (Å²) in [6.07, 6.45) is 17.0.